The van der Waals surface area contributed by atoms with Gasteiger partial charge in [-0.05, 0) is 64.1 Å². The van der Waals surface area contributed by atoms with E-state index in [1.807, 2.05) is 0 Å². The summed E-state index contributed by atoms with van der Waals surface area (Å²) < 4.78 is 7.48. The Morgan fingerprint density at radius 3 is 2.14 bits per heavy atom. The molecule has 0 unspecified atom stereocenters. The molecular weight excluding hydrogens is 376 g/mol. The average molecular weight is 419 g/mol. The second kappa shape index (κ2) is 5.99. The molecule has 0 radical (unpaired) electrons. The first kappa shape index (κ1) is 20.7. The molecule has 4 heteroatoms. The van der Waals surface area contributed by atoms with E-state index in [1.54, 1.807) is 0 Å². The van der Waals surface area contributed by atoms with E-state index in [-0.39, 0.29) is 22.9 Å². The smallest absolute Gasteiger partial charge is 0.201 e. The highest BCUT2D eigenvalue weighted by atomic mass is 28.4. The number of fused-ring (bicyclic) bond motifs is 1. The van der Waals surface area contributed by atoms with Gasteiger partial charge in [0.1, 0.15) is 0 Å². The molecule has 5 fully saturated rings. The first-order chi connectivity index (χ1) is 13.4. The molecule has 6 aliphatic rings. The third-order valence-corrected chi connectivity index (χ3v) is 16.4. The predicted molar refractivity (Wildman–Crippen MR) is 119 cm³/mol. The molecule has 6 bridgehead atoms. The van der Waals surface area contributed by atoms with Crippen molar-refractivity contribution in [3.63, 3.8) is 0 Å². The lowest BCUT2D eigenvalue weighted by molar-refractivity contribution is -0.0176. The summed E-state index contributed by atoms with van der Waals surface area (Å²) in [4.78, 5) is 0. The summed E-state index contributed by atoms with van der Waals surface area (Å²) in [5, 5.41) is 21.8. The van der Waals surface area contributed by atoms with Crippen molar-refractivity contribution >= 4 is 8.32 Å². The van der Waals surface area contributed by atoms with Crippen LogP contribution in [0.3, 0.4) is 0 Å². The molecule has 0 amide bonds. The van der Waals surface area contributed by atoms with E-state index in [1.165, 1.54) is 18.4 Å². The van der Waals surface area contributed by atoms with Crippen LogP contribution in [0.2, 0.25) is 16.6 Å². The topological polar surface area (TPSA) is 49.7 Å². The normalized spacial score (nSPS) is 49.1. The zero-order valence-corrected chi connectivity index (χ0v) is 20.6. The second-order valence-corrected chi connectivity index (χ2v) is 18.2. The first-order valence-electron chi connectivity index (χ1n) is 12.2. The monoisotopic (exact) mass is 418 g/mol. The van der Waals surface area contributed by atoms with Gasteiger partial charge in [0.15, 0.2) is 0 Å². The summed E-state index contributed by atoms with van der Waals surface area (Å²) in [5.41, 5.74) is 3.58. The summed E-state index contributed by atoms with van der Waals surface area (Å²) in [6.45, 7) is 19.1. The maximum absolute atomic E-state index is 11.0. The van der Waals surface area contributed by atoms with E-state index < -0.39 is 20.5 Å². The van der Waals surface area contributed by atoms with Crippen molar-refractivity contribution in [2.24, 2.45) is 40.4 Å². The van der Waals surface area contributed by atoms with Crippen LogP contribution in [0.15, 0.2) is 11.6 Å². The van der Waals surface area contributed by atoms with Gasteiger partial charge >= 0.3 is 0 Å². The van der Waals surface area contributed by atoms with E-state index in [0.29, 0.717) is 40.3 Å². The summed E-state index contributed by atoms with van der Waals surface area (Å²) in [6.07, 6.45) is 3.87. The fraction of sp³-hybridized carbons (Fsp3) is 0.920. The maximum Gasteiger partial charge on any atom is 0.201 e. The summed E-state index contributed by atoms with van der Waals surface area (Å²) in [7, 11) is -2.00. The number of hydrogen-bond donors (Lipinski definition) is 2. The van der Waals surface area contributed by atoms with Crippen molar-refractivity contribution < 1.29 is 14.6 Å². The molecule has 0 aromatic rings. The van der Waals surface area contributed by atoms with Crippen molar-refractivity contribution in [3.8, 4) is 0 Å². The van der Waals surface area contributed by atoms with Crippen LogP contribution in [-0.4, -0.2) is 36.8 Å². The van der Waals surface area contributed by atoms with Crippen LogP contribution in [0, 0.1) is 40.4 Å². The van der Waals surface area contributed by atoms with Crippen LogP contribution in [0.4, 0.5) is 0 Å². The van der Waals surface area contributed by atoms with Crippen molar-refractivity contribution in [1.82, 2.24) is 0 Å². The lowest BCUT2D eigenvalue weighted by Gasteiger charge is -2.47. The molecule has 1 spiro atoms. The van der Waals surface area contributed by atoms with Gasteiger partial charge in [-0.2, -0.15) is 0 Å². The summed E-state index contributed by atoms with van der Waals surface area (Å²) in [5.74, 6) is 2.20. The Kier molecular flexibility index (Phi) is 4.28. The molecule has 164 valence electrons. The quantitative estimate of drug-likeness (QED) is 0.480. The minimum Gasteiger partial charge on any atom is -0.409 e. The van der Waals surface area contributed by atoms with Crippen LogP contribution < -0.4 is 0 Å². The van der Waals surface area contributed by atoms with Gasteiger partial charge in [-0.15, -0.1) is 0 Å². The molecule has 9 atom stereocenters. The van der Waals surface area contributed by atoms with Crippen molar-refractivity contribution in [1.29, 1.82) is 0 Å². The molecule has 29 heavy (non-hydrogen) atoms. The molecule has 6 rings (SSSR count). The van der Waals surface area contributed by atoms with E-state index >= 15 is 0 Å². The minimum absolute atomic E-state index is 0.119. The third-order valence-electron chi connectivity index (χ3n) is 10.3. The van der Waals surface area contributed by atoms with E-state index in [4.69, 9.17) is 4.43 Å². The Morgan fingerprint density at radius 1 is 1.00 bits per heavy atom. The number of aliphatic hydroxyl groups excluding tert-OH is 2. The van der Waals surface area contributed by atoms with Gasteiger partial charge < -0.3 is 14.6 Å². The highest BCUT2D eigenvalue weighted by Gasteiger charge is 2.81. The summed E-state index contributed by atoms with van der Waals surface area (Å²) in [6, 6.07) is 0. The van der Waals surface area contributed by atoms with Gasteiger partial charge in [0.2, 0.25) is 8.32 Å². The van der Waals surface area contributed by atoms with Crippen LogP contribution in [0.5, 0.6) is 0 Å². The second-order valence-electron chi connectivity index (χ2n) is 12.8. The predicted octanol–water partition coefficient (Wildman–Crippen LogP) is 5.14. The van der Waals surface area contributed by atoms with Gasteiger partial charge in [0.05, 0.1) is 18.3 Å². The van der Waals surface area contributed by atoms with Crippen LogP contribution >= 0.6 is 0 Å². The Morgan fingerprint density at radius 2 is 1.59 bits per heavy atom. The van der Waals surface area contributed by atoms with Crippen LogP contribution in [0.1, 0.15) is 68.2 Å². The Bertz CT molecular complexity index is 719. The van der Waals surface area contributed by atoms with E-state index in [0.717, 1.165) is 0 Å². The van der Waals surface area contributed by atoms with Gasteiger partial charge in [0, 0.05) is 11.3 Å². The van der Waals surface area contributed by atoms with Crippen LogP contribution in [0.25, 0.3) is 0 Å². The molecule has 2 N–H and O–H groups in total. The molecule has 0 heterocycles. The number of rotatable bonds is 5. The maximum atomic E-state index is 11.0. The SMILES string of the molecule is CC(C)[Si](O[C@H]1C2=C[C@@H]3[C@@H](O)[C@H](O)[C@H]4[C@H]5C[C@@H]3[C@]2(CC1(C)C)[C@@H]54)(C(C)C)C(C)C. The zero-order valence-electron chi connectivity index (χ0n) is 19.6. The first-order valence-corrected chi connectivity index (χ1v) is 14.3. The summed E-state index contributed by atoms with van der Waals surface area (Å²) >= 11 is 0. The van der Waals surface area contributed by atoms with Crippen molar-refractivity contribution in [3.05, 3.63) is 11.6 Å². The van der Waals surface area contributed by atoms with Crippen molar-refractivity contribution in [2.45, 2.75) is 103 Å². The zero-order chi connectivity index (χ0) is 21.3. The highest BCUT2D eigenvalue weighted by molar-refractivity contribution is 6.77. The van der Waals surface area contributed by atoms with E-state index in [2.05, 4.69) is 61.5 Å². The van der Waals surface area contributed by atoms with Gasteiger partial charge in [-0.1, -0.05) is 61.5 Å². The Balaban J connectivity index is 1.60. The van der Waals surface area contributed by atoms with Gasteiger partial charge in [0.25, 0.3) is 0 Å². The standard InChI is InChI=1S/C25H42O3Si/c1-12(2)29(13(3)4,14(5)6)28-23-18-9-15-17-10-16-19(22(27)21(15)26)20(16)25(17,18)11-24(23,7)8/h9,12-17,19-23,26-27H,10-11H2,1-8H3/t15-,16+,17-,19-,20-,21+,22+,23-,25-/m0/s1. The van der Waals surface area contributed by atoms with Crippen molar-refractivity contribution in [2.75, 3.05) is 0 Å². The Hall–Kier alpha value is -0.163. The molecular formula is C25H42O3Si. The number of hydrogen-bond acceptors (Lipinski definition) is 3. The fourth-order valence-corrected chi connectivity index (χ4v) is 15.3. The molecule has 3 nitrogen and oxygen atoms in total. The molecule has 5 saturated carbocycles. The third kappa shape index (κ3) is 2.25. The molecule has 0 saturated heterocycles. The average Bonchev–Trinajstić information content (AvgIpc) is 3.07. The minimum atomic E-state index is -2.00. The molecule has 0 aromatic heterocycles. The molecule has 0 aliphatic heterocycles. The highest BCUT2D eigenvalue weighted by Crippen LogP contribution is 2.83. The van der Waals surface area contributed by atoms with Crippen LogP contribution in [-0.2, 0) is 4.43 Å². The lowest BCUT2D eigenvalue weighted by Crippen LogP contribution is -2.52. The lowest BCUT2D eigenvalue weighted by atomic mass is 9.69. The molecule has 6 aliphatic carbocycles. The Labute approximate surface area is 178 Å². The largest absolute Gasteiger partial charge is 0.409 e. The van der Waals surface area contributed by atoms with Gasteiger partial charge in [-0.3, -0.25) is 0 Å². The molecule has 0 aromatic carbocycles. The number of aliphatic hydroxyl groups is 2. The fourth-order valence-electron chi connectivity index (χ4n) is 9.61. The van der Waals surface area contributed by atoms with Gasteiger partial charge in [-0.25, -0.2) is 0 Å². The van der Waals surface area contributed by atoms with E-state index in [9.17, 15) is 10.2 Å².